The Balaban J connectivity index is 2.86. The van der Waals surface area contributed by atoms with Gasteiger partial charge in [0.25, 0.3) is 0 Å². The van der Waals surface area contributed by atoms with Gasteiger partial charge in [0, 0.05) is 6.04 Å². The molecule has 0 radical (unpaired) electrons. The van der Waals surface area contributed by atoms with Gasteiger partial charge in [-0.1, -0.05) is 12.1 Å². The van der Waals surface area contributed by atoms with Gasteiger partial charge in [-0.3, -0.25) is 4.79 Å². The van der Waals surface area contributed by atoms with Crippen molar-refractivity contribution in [3.05, 3.63) is 35.4 Å². The Morgan fingerprint density at radius 3 is 2.81 bits per heavy atom. The van der Waals surface area contributed by atoms with E-state index in [1.54, 1.807) is 31.2 Å². The van der Waals surface area contributed by atoms with Crippen LogP contribution in [0.15, 0.2) is 24.3 Å². The van der Waals surface area contributed by atoms with Crippen LogP contribution in [0.4, 0.5) is 0 Å². The Hall–Kier alpha value is -1.86. The molecule has 0 aliphatic rings. The molecule has 1 rings (SSSR count). The van der Waals surface area contributed by atoms with E-state index in [-0.39, 0.29) is 0 Å². The number of rotatable bonds is 4. The Morgan fingerprint density at radius 1 is 1.62 bits per heavy atom. The summed E-state index contributed by atoms with van der Waals surface area (Å²) < 4.78 is 0. The predicted molar refractivity (Wildman–Crippen MR) is 59.6 cm³/mol. The molecular weight excluding hydrogens is 204 g/mol. The van der Waals surface area contributed by atoms with Gasteiger partial charge in [0.15, 0.2) is 0 Å². The molecule has 0 aromatic heterocycles. The number of carboxylic acids is 1. The van der Waals surface area contributed by atoms with Crippen LogP contribution in [0.1, 0.15) is 18.1 Å². The first-order valence-corrected chi connectivity index (χ1v) is 5.02. The van der Waals surface area contributed by atoms with Crippen molar-refractivity contribution in [2.45, 2.75) is 19.4 Å². The Bertz CT molecular complexity index is 421. The number of benzene rings is 1. The van der Waals surface area contributed by atoms with Crippen molar-refractivity contribution in [1.82, 2.24) is 0 Å². The van der Waals surface area contributed by atoms with Crippen LogP contribution in [-0.4, -0.2) is 17.1 Å². The van der Waals surface area contributed by atoms with E-state index >= 15 is 0 Å². The summed E-state index contributed by atoms with van der Waals surface area (Å²) in [5, 5.41) is 17.7. The topological polar surface area (TPSA) is 87.1 Å². The van der Waals surface area contributed by atoms with Crippen LogP contribution in [0.2, 0.25) is 0 Å². The van der Waals surface area contributed by atoms with Crippen molar-refractivity contribution in [2.24, 2.45) is 11.7 Å². The number of nitriles is 1. The van der Waals surface area contributed by atoms with E-state index in [1.807, 2.05) is 6.07 Å². The molecule has 0 amide bonds. The number of aliphatic carboxylic acids is 1. The summed E-state index contributed by atoms with van der Waals surface area (Å²) in [6, 6.07) is 8.53. The van der Waals surface area contributed by atoms with Crippen LogP contribution in [0.5, 0.6) is 0 Å². The Morgan fingerprint density at radius 2 is 2.31 bits per heavy atom. The minimum absolute atomic E-state index is 0.350. The number of nitrogens with zero attached hydrogens (tertiary/aromatic N) is 1. The molecule has 0 saturated heterocycles. The van der Waals surface area contributed by atoms with Crippen LogP contribution in [-0.2, 0) is 11.2 Å². The summed E-state index contributed by atoms with van der Waals surface area (Å²) in [7, 11) is 0. The molecule has 0 unspecified atom stereocenters. The summed E-state index contributed by atoms with van der Waals surface area (Å²) in [5.41, 5.74) is 6.97. The number of carboxylic acid groups (broad SMARTS) is 1. The summed E-state index contributed by atoms with van der Waals surface area (Å²) in [6.07, 6.45) is 0.350. The minimum atomic E-state index is -0.905. The normalized spacial score (nSPS) is 13.8. The maximum Gasteiger partial charge on any atom is 0.308 e. The maximum atomic E-state index is 11.0. The minimum Gasteiger partial charge on any atom is -0.481 e. The second-order valence-electron chi connectivity index (χ2n) is 3.82. The summed E-state index contributed by atoms with van der Waals surface area (Å²) in [6.45, 7) is 1.67. The third kappa shape index (κ3) is 3.07. The lowest BCUT2D eigenvalue weighted by atomic mass is 9.93. The van der Waals surface area contributed by atoms with Gasteiger partial charge in [-0.2, -0.15) is 5.26 Å². The Kier molecular flexibility index (Phi) is 4.03. The van der Waals surface area contributed by atoms with Crippen molar-refractivity contribution in [3.8, 4) is 6.07 Å². The molecule has 16 heavy (non-hydrogen) atoms. The SMILES string of the molecule is C[C@@H](N)[C@@H](Cc1cccc(C#N)c1)C(=O)O. The van der Waals surface area contributed by atoms with E-state index in [9.17, 15) is 4.79 Å². The fourth-order valence-electron chi connectivity index (χ4n) is 1.52. The monoisotopic (exact) mass is 218 g/mol. The molecule has 4 nitrogen and oxygen atoms in total. The maximum absolute atomic E-state index is 11.0. The average molecular weight is 218 g/mol. The molecular formula is C12H14N2O2. The second-order valence-corrected chi connectivity index (χ2v) is 3.82. The smallest absolute Gasteiger partial charge is 0.308 e. The fraction of sp³-hybridized carbons (Fsp3) is 0.333. The van der Waals surface area contributed by atoms with E-state index in [0.717, 1.165) is 5.56 Å². The van der Waals surface area contributed by atoms with Gasteiger partial charge in [-0.25, -0.2) is 0 Å². The summed E-state index contributed by atoms with van der Waals surface area (Å²) >= 11 is 0. The summed E-state index contributed by atoms with van der Waals surface area (Å²) in [5.74, 6) is -1.52. The van der Waals surface area contributed by atoms with E-state index in [4.69, 9.17) is 16.1 Å². The highest BCUT2D eigenvalue weighted by molar-refractivity contribution is 5.71. The first-order chi connectivity index (χ1) is 7.54. The van der Waals surface area contributed by atoms with Crippen molar-refractivity contribution in [2.75, 3.05) is 0 Å². The average Bonchev–Trinajstić information content (AvgIpc) is 2.25. The van der Waals surface area contributed by atoms with Crippen molar-refractivity contribution in [3.63, 3.8) is 0 Å². The lowest BCUT2D eigenvalue weighted by Gasteiger charge is -2.16. The summed E-state index contributed by atoms with van der Waals surface area (Å²) in [4.78, 5) is 11.0. The quantitative estimate of drug-likeness (QED) is 0.793. The van der Waals surface area contributed by atoms with Gasteiger partial charge in [0.05, 0.1) is 17.6 Å². The highest BCUT2D eigenvalue weighted by atomic mass is 16.4. The number of hydrogen-bond donors (Lipinski definition) is 2. The highest BCUT2D eigenvalue weighted by Crippen LogP contribution is 2.13. The molecule has 0 saturated carbocycles. The lowest BCUT2D eigenvalue weighted by Crippen LogP contribution is -2.34. The molecule has 0 heterocycles. The third-order valence-corrected chi connectivity index (χ3v) is 2.46. The van der Waals surface area contributed by atoms with Crippen molar-refractivity contribution >= 4 is 5.97 Å². The number of carbonyl (C=O) groups is 1. The van der Waals surface area contributed by atoms with Crippen LogP contribution in [0.25, 0.3) is 0 Å². The van der Waals surface area contributed by atoms with Gasteiger partial charge in [0.2, 0.25) is 0 Å². The van der Waals surface area contributed by atoms with Gasteiger partial charge < -0.3 is 10.8 Å². The lowest BCUT2D eigenvalue weighted by molar-refractivity contribution is -0.142. The third-order valence-electron chi connectivity index (χ3n) is 2.46. The van der Waals surface area contributed by atoms with Gasteiger partial charge in [0.1, 0.15) is 0 Å². The standard InChI is InChI=1S/C12H14N2O2/c1-8(14)11(12(15)16)6-9-3-2-4-10(5-9)7-13/h2-5,8,11H,6,14H2,1H3,(H,15,16)/t8-,11-/m1/s1. The molecule has 0 fully saturated rings. The highest BCUT2D eigenvalue weighted by Gasteiger charge is 2.22. The zero-order valence-corrected chi connectivity index (χ0v) is 9.05. The van der Waals surface area contributed by atoms with Crippen LogP contribution in [0.3, 0.4) is 0 Å². The van der Waals surface area contributed by atoms with Crippen LogP contribution < -0.4 is 5.73 Å². The molecule has 1 aromatic rings. The van der Waals surface area contributed by atoms with Crippen LogP contribution >= 0.6 is 0 Å². The molecule has 4 heteroatoms. The van der Waals surface area contributed by atoms with Gasteiger partial charge >= 0.3 is 5.97 Å². The zero-order valence-electron chi connectivity index (χ0n) is 9.05. The van der Waals surface area contributed by atoms with Crippen molar-refractivity contribution < 1.29 is 9.90 Å². The molecule has 0 bridgehead atoms. The Labute approximate surface area is 94.3 Å². The largest absolute Gasteiger partial charge is 0.481 e. The molecule has 0 spiro atoms. The van der Waals surface area contributed by atoms with Gasteiger partial charge in [-0.05, 0) is 31.0 Å². The second kappa shape index (κ2) is 5.29. The molecule has 0 aliphatic carbocycles. The molecule has 3 N–H and O–H groups in total. The number of nitrogens with two attached hydrogens (primary N) is 1. The number of hydrogen-bond acceptors (Lipinski definition) is 3. The molecule has 1 aromatic carbocycles. The zero-order chi connectivity index (χ0) is 12.1. The predicted octanol–water partition coefficient (Wildman–Crippen LogP) is 1.15. The van der Waals surface area contributed by atoms with Gasteiger partial charge in [-0.15, -0.1) is 0 Å². The fourth-order valence-corrected chi connectivity index (χ4v) is 1.52. The van der Waals surface area contributed by atoms with E-state index in [0.29, 0.717) is 12.0 Å². The first kappa shape index (κ1) is 12.2. The first-order valence-electron chi connectivity index (χ1n) is 5.02. The van der Waals surface area contributed by atoms with Crippen molar-refractivity contribution in [1.29, 1.82) is 5.26 Å². The van der Waals surface area contributed by atoms with Crippen LogP contribution in [0, 0.1) is 17.2 Å². The van der Waals surface area contributed by atoms with E-state index < -0.39 is 17.9 Å². The molecule has 2 atom stereocenters. The molecule has 0 aliphatic heterocycles. The van der Waals surface area contributed by atoms with E-state index in [2.05, 4.69) is 0 Å². The van der Waals surface area contributed by atoms with E-state index in [1.165, 1.54) is 0 Å². The molecule has 84 valence electrons.